The van der Waals surface area contributed by atoms with Crippen LogP contribution in [0.4, 0.5) is 0 Å². The van der Waals surface area contributed by atoms with Crippen molar-refractivity contribution in [1.82, 2.24) is 4.90 Å². The summed E-state index contributed by atoms with van der Waals surface area (Å²) < 4.78 is 2.34. The third-order valence-corrected chi connectivity index (χ3v) is 4.23. The maximum absolute atomic E-state index is 2.48. The maximum Gasteiger partial charge on any atom is 0.173 e. The lowest BCUT2D eigenvalue weighted by Gasteiger charge is -2.18. The van der Waals surface area contributed by atoms with E-state index in [1.54, 1.807) is 0 Å². The first-order chi connectivity index (χ1) is 9.81. The van der Waals surface area contributed by atoms with Gasteiger partial charge >= 0.3 is 0 Å². The molecule has 0 unspecified atom stereocenters. The molecule has 0 spiro atoms. The number of aryl methyl sites for hydroxylation is 1. The summed E-state index contributed by atoms with van der Waals surface area (Å²) in [5.74, 6) is 0. The molecular formula is C18H30Br2N2. The molecular weight excluding hydrogens is 404 g/mol. The smallest absolute Gasteiger partial charge is 0.173 e. The van der Waals surface area contributed by atoms with Gasteiger partial charge in [-0.15, -0.1) is 17.0 Å². The zero-order valence-corrected chi connectivity index (χ0v) is 17.2. The van der Waals surface area contributed by atoms with Crippen LogP contribution >= 0.6 is 17.0 Å². The van der Waals surface area contributed by atoms with E-state index in [1.807, 2.05) is 0 Å². The number of pyridine rings is 1. The van der Waals surface area contributed by atoms with Gasteiger partial charge in [-0.2, -0.15) is 0 Å². The maximum atomic E-state index is 2.48. The van der Waals surface area contributed by atoms with Crippen LogP contribution in [-0.2, 0) is 6.54 Å². The normalized spacial score (nSPS) is 18.2. The van der Waals surface area contributed by atoms with Crippen molar-refractivity contribution in [3.05, 3.63) is 42.2 Å². The number of unbranched alkanes of at least 4 members (excludes halogenated alkanes) is 2. The Hall–Kier alpha value is -0.190. The zero-order valence-electron chi connectivity index (χ0n) is 13.9. The number of hydrogen-bond acceptors (Lipinski definition) is 1. The average molecular weight is 434 g/mol. The van der Waals surface area contributed by atoms with Crippen LogP contribution in [0.2, 0.25) is 0 Å². The van der Waals surface area contributed by atoms with Gasteiger partial charge in [-0.3, -0.25) is 4.90 Å². The van der Waals surface area contributed by atoms with Gasteiger partial charge in [0.2, 0.25) is 0 Å². The van der Waals surface area contributed by atoms with Crippen molar-refractivity contribution in [2.45, 2.75) is 58.0 Å². The van der Waals surface area contributed by atoms with Gasteiger partial charge in [0.05, 0.1) is 0 Å². The Morgan fingerprint density at radius 1 is 1.32 bits per heavy atom. The highest BCUT2D eigenvalue weighted by Gasteiger charge is 2.24. The minimum atomic E-state index is 0. The minimum absolute atomic E-state index is 0. The van der Waals surface area contributed by atoms with E-state index < -0.39 is 0 Å². The van der Waals surface area contributed by atoms with Gasteiger partial charge in [-0.25, -0.2) is 4.57 Å². The van der Waals surface area contributed by atoms with Crippen molar-refractivity contribution in [2.24, 2.45) is 0 Å². The largest absolute Gasteiger partial charge is 1.00 e. The standard InChI is InChI=1S/C18H29N2.2BrH/c1-3-4-5-6-7-8-14-20-15-9-11-17(16-20)18-12-10-13-19(18)2;;/h6-7,9,11,15-16,18H,3-5,8,10,12-14H2,1-2H3;2*1H/q+1;;/p-1/b7-6-;;/t18-;;/m0../s1. The Kier molecular flexibility index (Phi) is 12.2. The molecule has 0 N–H and O–H groups in total. The molecule has 1 aromatic heterocycles. The molecule has 0 aliphatic carbocycles. The van der Waals surface area contributed by atoms with E-state index in [1.165, 1.54) is 44.2 Å². The lowest BCUT2D eigenvalue weighted by molar-refractivity contribution is -0.696. The molecule has 4 heteroatoms. The zero-order chi connectivity index (χ0) is 14.2. The number of likely N-dealkylation sites (tertiary alicyclic amines) is 1. The van der Waals surface area contributed by atoms with Crippen LogP contribution in [0.1, 0.15) is 57.1 Å². The number of nitrogens with zero attached hydrogens (tertiary/aromatic N) is 2. The molecule has 22 heavy (non-hydrogen) atoms. The summed E-state index contributed by atoms with van der Waals surface area (Å²) in [6, 6.07) is 5.10. The van der Waals surface area contributed by atoms with Crippen LogP contribution < -0.4 is 21.5 Å². The van der Waals surface area contributed by atoms with Crippen LogP contribution in [0.3, 0.4) is 0 Å². The first-order valence-corrected chi connectivity index (χ1v) is 8.15. The fourth-order valence-corrected chi connectivity index (χ4v) is 2.99. The van der Waals surface area contributed by atoms with Crippen LogP contribution in [0, 0.1) is 0 Å². The molecule has 0 bridgehead atoms. The second kappa shape index (κ2) is 12.3. The lowest BCUT2D eigenvalue weighted by atomic mass is 10.1. The topological polar surface area (TPSA) is 7.12 Å². The van der Waals surface area contributed by atoms with Gasteiger partial charge in [-0.05, 0) is 38.9 Å². The second-order valence-corrected chi connectivity index (χ2v) is 5.92. The molecule has 1 aliphatic rings. The molecule has 1 fully saturated rings. The molecule has 2 nitrogen and oxygen atoms in total. The van der Waals surface area contributed by atoms with E-state index in [-0.39, 0.29) is 34.0 Å². The predicted octanol–water partition coefficient (Wildman–Crippen LogP) is 1.46. The van der Waals surface area contributed by atoms with E-state index in [2.05, 4.69) is 60.1 Å². The van der Waals surface area contributed by atoms with E-state index in [0.717, 1.165) is 13.0 Å². The number of rotatable bonds is 7. The van der Waals surface area contributed by atoms with Gasteiger partial charge in [0.25, 0.3) is 0 Å². The van der Waals surface area contributed by atoms with Gasteiger partial charge in [-0.1, -0.05) is 31.9 Å². The number of hydrogen-bond donors (Lipinski definition) is 0. The summed E-state index contributed by atoms with van der Waals surface area (Å²) in [7, 11) is 2.24. The molecule has 2 rings (SSSR count). The monoisotopic (exact) mass is 432 g/mol. The van der Waals surface area contributed by atoms with E-state index in [9.17, 15) is 0 Å². The molecule has 126 valence electrons. The SMILES string of the molecule is Br.CCCC/C=C\CC[n+]1cccc([C@@H]2CCCN2C)c1.[Br-]. The first kappa shape index (κ1) is 21.8. The van der Waals surface area contributed by atoms with Crippen LogP contribution in [0.5, 0.6) is 0 Å². The molecule has 1 atom stereocenters. The third kappa shape index (κ3) is 6.93. The summed E-state index contributed by atoms with van der Waals surface area (Å²) >= 11 is 0. The Morgan fingerprint density at radius 3 is 2.77 bits per heavy atom. The molecule has 2 heterocycles. The van der Waals surface area contributed by atoms with E-state index in [4.69, 9.17) is 0 Å². The number of allylic oxidation sites excluding steroid dienone is 2. The average Bonchev–Trinajstić information content (AvgIpc) is 2.89. The number of aromatic nitrogens is 1. The fraction of sp³-hybridized carbons (Fsp3) is 0.611. The van der Waals surface area contributed by atoms with Gasteiger partial charge < -0.3 is 17.0 Å². The Balaban J connectivity index is 0.00000220. The molecule has 1 aromatic rings. The van der Waals surface area contributed by atoms with Gasteiger partial charge in [0.15, 0.2) is 18.9 Å². The van der Waals surface area contributed by atoms with Crippen molar-refractivity contribution in [3.63, 3.8) is 0 Å². The lowest BCUT2D eigenvalue weighted by Crippen LogP contribution is -3.00. The van der Waals surface area contributed by atoms with E-state index in [0.29, 0.717) is 6.04 Å². The van der Waals surface area contributed by atoms with Crippen LogP contribution in [0.25, 0.3) is 0 Å². The van der Waals surface area contributed by atoms with Crippen LogP contribution in [-0.4, -0.2) is 18.5 Å². The highest BCUT2D eigenvalue weighted by Crippen LogP contribution is 2.29. The first-order valence-electron chi connectivity index (χ1n) is 8.15. The summed E-state index contributed by atoms with van der Waals surface area (Å²) in [4.78, 5) is 2.48. The molecule has 1 aliphatic heterocycles. The molecule has 0 saturated carbocycles. The second-order valence-electron chi connectivity index (χ2n) is 5.92. The highest BCUT2D eigenvalue weighted by atomic mass is 79.9. The molecule has 0 amide bonds. The predicted molar refractivity (Wildman–Crippen MR) is 94.8 cm³/mol. The van der Waals surface area contributed by atoms with Crippen molar-refractivity contribution in [3.8, 4) is 0 Å². The van der Waals surface area contributed by atoms with Crippen molar-refractivity contribution in [1.29, 1.82) is 0 Å². The van der Waals surface area contributed by atoms with Gasteiger partial charge in [0.1, 0.15) is 0 Å². The Morgan fingerprint density at radius 2 is 2.09 bits per heavy atom. The summed E-state index contributed by atoms with van der Waals surface area (Å²) in [5, 5.41) is 0. The molecule has 1 saturated heterocycles. The van der Waals surface area contributed by atoms with Crippen LogP contribution in [0.15, 0.2) is 36.7 Å². The summed E-state index contributed by atoms with van der Waals surface area (Å²) in [5.41, 5.74) is 1.47. The summed E-state index contributed by atoms with van der Waals surface area (Å²) in [6.07, 6.45) is 16.8. The number of halogens is 2. The summed E-state index contributed by atoms with van der Waals surface area (Å²) in [6.45, 7) is 4.57. The van der Waals surface area contributed by atoms with Gasteiger partial charge in [0, 0.05) is 24.1 Å². The van der Waals surface area contributed by atoms with Crippen molar-refractivity contribution >= 4 is 17.0 Å². The minimum Gasteiger partial charge on any atom is -1.00 e. The fourth-order valence-electron chi connectivity index (χ4n) is 2.99. The van der Waals surface area contributed by atoms with Crippen molar-refractivity contribution < 1.29 is 21.5 Å². The molecule has 0 radical (unpaired) electrons. The quantitative estimate of drug-likeness (QED) is 0.358. The highest BCUT2D eigenvalue weighted by molar-refractivity contribution is 8.93. The Labute approximate surface area is 157 Å². The third-order valence-electron chi connectivity index (χ3n) is 4.23. The Bertz CT molecular complexity index is 435. The van der Waals surface area contributed by atoms with Crippen molar-refractivity contribution in [2.75, 3.05) is 13.6 Å². The molecule has 0 aromatic carbocycles. The van der Waals surface area contributed by atoms with E-state index >= 15 is 0 Å².